The number of H-pyrrole nitrogens is 1. The first-order chi connectivity index (χ1) is 16.8. The smallest absolute Gasteiger partial charge is 0.317 e. The van der Waals surface area contributed by atoms with Gasteiger partial charge in [-0.3, -0.25) is 9.59 Å². The fraction of sp³-hybridized carbons (Fsp3) is 0.464. The van der Waals surface area contributed by atoms with Crippen molar-refractivity contribution in [1.82, 2.24) is 14.9 Å². The van der Waals surface area contributed by atoms with Gasteiger partial charge in [-0.2, -0.15) is 0 Å². The molecule has 0 spiro atoms. The first-order valence-electron chi connectivity index (χ1n) is 12.4. The Kier molecular flexibility index (Phi) is 7.10. The molecule has 192 valence electrons. The van der Waals surface area contributed by atoms with Crippen molar-refractivity contribution in [2.75, 3.05) is 31.1 Å². The largest absolute Gasteiger partial charge is 0.480 e. The topological polar surface area (TPSA) is 89.5 Å². The van der Waals surface area contributed by atoms with Gasteiger partial charge in [0.25, 0.3) is 5.91 Å². The molecule has 2 heterocycles. The Morgan fingerprint density at radius 1 is 1.00 bits per heavy atom. The van der Waals surface area contributed by atoms with Crippen LogP contribution in [0.3, 0.4) is 0 Å². The number of aliphatic carboxylic acids is 1. The van der Waals surface area contributed by atoms with E-state index in [1.807, 2.05) is 37.8 Å². The van der Waals surface area contributed by atoms with E-state index in [1.54, 1.807) is 6.07 Å². The molecule has 1 saturated heterocycles. The molecule has 1 aliphatic heterocycles. The summed E-state index contributed by atoms with van der Waals surface area (Å²) in [6, 6.07) is 14.0. The lowest BCUT2D eigenvalue weighted by Crippen LogP contribution is -2.49. The molecule has 0 radical (unpaired) electrons. The van der Waals surface area contributed by atoms with Crippen LogP contribution in [0, 0.1) is 5.41 Å². The van der Waals surface area contributed by atoms with Gasteiger partial charge < -0.3 is 19.9 Å². The summed E-state index contributed by atoms with van der Waals surface area (Å²) in [4.78, 5) is 37.1. The number of hydrogen-bond donors (Lipinski definition) is 2. The van der Waals surface area contributed by atoms with Gasteiger partial charge in [0.2, 0.25) is 0 Å². The van der Waals surface area contributed by atoms with E-state index >= 15 is 0 Å². The Bertz CT molecular complexity index is 1260. The molecule has 4 rings (SSSR count). The molecule has 1 atom stereocenters. The van der Waals surface area contributed by atoms with Crippen LogP contribution in [0.5, 0.6) is 0 Å². The van der Waals surface area contributed by atoms with Crippen LogP contribution < -0.4 is 4.90 Å². The second-order valence-corrected chi connectivity index (χ2v) is 12.6. The summed E-state index contributed by atoms with van der Waals surface area (Å²) in [5.41, 5.74) is 4.26. The number of piperazine rings is 1. The Hall–Kier alpha value is -3.00. The number of carboxylic acid groups (broad SMARTS) is 1. The molecule has 2 N–H and O–H groups in total. The van der Waals surface area contributed by atoms with Gasteiger partial charge in [0.05, 0.1) is 11.0 Å². The molecule has 1 unspecified atom stereocenters. The van der Waals surface area contributed by atoms with Gasteiger partial charge in [-0.05, 0) is 40.7 Å². The number of nitrogens with zero attached hydrogens (tertiary/aromatic N) is 3. The molecule has 2 aromatic carbocycles. The Labute approximate surface area is 217 Å². The molecule has 7 nitrogen and oxygen atoms in total. The molecule has 36 heavy (non-hydrogen) atoms. The maximum Gasteiger partial charge on any atom is 0.317 e. The van der Waals surface area contributed by atoms with Crippen molar-refractivity contribution in [1.29, 1.82) is 0 Å². The van der Waals surface area contributed by atoms with Gasteiger partial charge in [-0.15, -0.1) is 0 Å². The number of hydrogen-bond acceptors (Lipinski definition) is 5. The van der Waals surface area contributed by atoms with E-state index in [4.69, 9.17) is 0 Å². The zero-order valence-corrected chi connectivity index (χ0v) is 22.8. The number of thioether (sulfide) groups is 1. The maximum atomic E-state index is 13.3. The average molecular weight is 509 g/mol. The third-order valence-electron chi connectivity index (χ3n) is 6.57. The van der Waals surface area contributed by atoms with Gasteiger partial charge >= 0.3 is 5.97 Å². The van der Waals surface area contributed by atoms with Crippen molar-refractivity contribution in [2.45, 2.75) is 57.4 Å². The highest BCUT2D eigenvalue weighted by Gasteiger charge is 2.33. The van der Waals surface area contributed by atoms with Crippen molar-refractivity contribution < 1.29 is 14.7 Å². The molecule has 1 aliphatic rings. The zero-order valence-electron chi connectivity index (χ0n) is 22.0. The number of amides is 1. The lowest BCUT2D eigenvalue weighted by molar-refractivity contribution is -0.138. The van der Waals surface area contributed by atoms with Crippen molar-refractivity contribution >= 4 is 40.4 Å². The molecule has 0 bridgehead atoms. The van der Waals surface area contributed by atoms with Gasteiger partial charge in [-0.25, -0.2) is 4.98 Å². The van der Waals surface area contributed by atoms with E-state index in [0.717, 1.165) is 24.1 Å². The fourth-order valence-electron chi connectivity index (χ4n) is 4.60. The number of para-hydroxylation sites is 1. The highest BCUT2D eigenvalue weighted by atomic mass is 32.2. The summed E-state index contributed by atoms with van der Waals surface area (Å²) < 4.78 is 0. The molecule has 1 aromatic heterocycles. The number of carboxylic acids is 1. The van der Waals surface area contributed by atoms with Gasteiger partial charge in [0.1, 0.15) is 5.25 Å². The lowest BCUT2D eigenvalue weighted by Gasteiger charge is -2.38. The van der Waals surface area contributed by atoms with Crippen molar-refractivity contribution in [3.05, 3.63) is 53.6 Å². The van der Waals surface area contributed by atoms with Gasteiger partial charge in [0.15, 0.2) is 5.16 Å². The Morgan fingerprint density at radius 2 is 1.67 bits per heavy atom. The lowest BCUT2D eigenvalue weighted by atomic mass is 9.85. The molecule has 1 fully saturated rings. The van der Waals surface area contributed by atoms with E-state index in [-0.39, 0.29) is 11.3 Å². The highest BCUT2D eigenvalue weighted by molar-refractivity contribution is 8.00. The second-order valence-electron chi connectivity index (χ2n) is 11.5. The van der Waals surface area contributed by atoms with Crippen LogP contribution in [-0.2, 0) is 10.2 Å². The quantitative estimate of drug-likeness (QED) is 0.448. The number of benzene rings is 2. The first-order valence-corrected chi connectivity index (χ1v) is 13.3. The number of aromatic nitrogens is 2. The van der Waals surface area contributed by atoms with Crippen LogP contribution in [0.4, 0.5) is 5.69 Å². The number of fused-ring (bicyclic) bond motifs is 1. The number of carbonyl (C=O) groups excluding carboxylic acids is 1. The summed E-state index contributed by atoms with van der Waals surface area (Å²) in [5, 5.41) is 9.54. The van der Waals surface area contributed by atoms with Crippen molar-refractivity contribution in [2.24, 2.45) is 5.41 Å². The van der Waals surface area contributed by atoms with E-state index in [0.29, 0.717) is 23.8 Å². The van der Waals surface area contributed by atoms with Crippen LogP contribution in [0.15, 0.2) is 47.6 Å². The zero-order chi connectivity index (χ0) is 26.3. The molecule has 1 amide bonds. The van der Waals surface area contributed by atoms with Crippen molar-refractivity contribution in [3.63, 3.8) is 0 Å². The van der Waals surface area contributed by atoms with Crippen molar-refractivity contribution in [3.8, 4) is 0 Å². The molecular formula is C28H36N4O3S. The monoisotopic (exact) mass is 508 g/mol. The van der Waals surface area contributed by atoms with E-state index in [1.165, 1.54) is 23.0 Å². The third kappa shape index (κ3) is 5.53. The minimum Gasteiger partial charge on any atom is -0.480 e. The van der Waals surface area contributed by atoms with Crippen LogP contribution in [0.1, 0.15) is 57.5 Å². The Balaban J connectivity index is 1.46. The van der Waals surface area contributed by atoms with Gasteiger partial charge in [0, 0.05) is 37.4 Å². The van der Waals surface area contributed by atoms with E-state index in [2.05, 4.69) is 59.9 Å². The van der Waals surface area contributed by atoms with E-state index < -0.39 is 16.6 Å². The minimum absolute atomic E-state index is 0.00237. The highest BCUT2D eigenvalue weighted by Crippen LogP contribution is 2.35. The number of aromatic amines is 1. The van der Waals surface area contributed by atoms with Crippen LogP contribution in [-0.4, -0.2) is 63.3 Å². The average Bonchev–Trinajstić information content (AvgIpc) is 3.23. The summed E-state index contributed by atoms with van der Waals surface area (Å²) in [7, 11) is 0. The summed E-state index contributed by atoms with van der Waals surface area (Å²) in [6.07, 6.45) is 0. The first kappa shape index (κ1) is 26.1. The number of carbonyl (C=O) groups is 2. The fourth-order valence-corrected chi connectivity index (χ4v) is 5.60. The summed E-state index contributed by atoms with van der Waals surface area (Å²) in [6.45, 7) is 15.3. The second kappa shape index (κ2) is 9.81. The maximum absolute atomic E-state index is 13.3. The summed E-state index contributed by atoms with van der Waals surface area (Å²) in [5.74, 6) is -0.865. The summed E-state index contributed by atoms with van der Waals surface area (Å²) >= 11 is 1.21. The SMILES string of the molecule is CC(C)(C)c1ccccc1N1CCN(C(=O)c2ccc3nc(SC(C(=O)O)C(C)(C)C)[nH]c3c2)CC1. The minimum atomic E-state index is -0.868. The van der Waals surface area contributed by atoms with E-state index in [9.17, 15) is 14.7 Å². The predicted molar refractivity (Wildman–Crippen MR) is 146 cm³/mol. The Morgan fingerprint density at radius 3 is 2.28 bits per heavy atom. The van der Waals surface area contributed by atoms with Crippen LogP contribution in [0.25, 0.3) is 11.0 Å². The number of imidazole rings is 1. The predicted octanol–water partition coefficient (Wildman–Crippen LogP) is 5.41. The molecular weight excluding hydrogens is 472 g/mol. The molecule has 0 aliphatic carbocycles. The standard InChI is InChI=1S/C28H36N4O3S/c1-27(2,3)19-9-7-8-10-22(19)31-13-15-32(16-14-31)24(33)18-11-12-20-21(17-18)30-26(29-20)36-23(25(34)35)28(4,5)6/h7-12,17,23H,13-16H2,1-6H3,(H,29,30)(H,34,35). The number of anilines is 1. The molecule has 0 saturated carbocycles. The molecule has 8 heteroatoms. The van der Waals surface area contributed by atoms with Crippen LogP contribution in [0.2, 0.25) is 0 Å². The number of rotatable bonds is 5. The van der Waals surface area contributed by atoms with Gasteiger partial charge in [-0.1, -0.05) is 71.5 Å². The third-order valence-corrected chi connectivity index (χ3v) is 8.13. The number of nitrogens with one attached hydrogen (secondary N) is 1. The molecule has 3 aromatic rings. The normalized spacial score (nSPS) is 15.8. The van der Waals surface area contributed by atoms with Crippen LogP contribution >= 0.6 is 11.8 Å².